The highest BCUT2D eigenvalue weighted by Gasteiger charge is 2.21. The fourth-order valence-corrected chi connectivity index (χ4v) is 5.69. The summed E-state index contributed by atoms with van der Waals surface area (Å²) in [5.74, 6) is 1.43. The Morgan fingerprint density at radius 3 is 2.13 bits per heavy atom. The lowest BCUT2D eigenvalue weighted by Gasteiger charge is -2.25. The summed E-state index contributed by atoms with van der Waals surface area (Å²) in [6.07, 6.45) is 1.80. The summed E-state index contributed by atoms with van der Waals surface area (Å²) < 4.78 is 6.25. The van der Waals surface area contributed by atoms with Crippen molar-refractivity contribution in [2.24, 2.45) is 0 Å². The molecule has 0 aliphatic carbocycles. The third-order valence-corrected chi connectivity index (χ3v) is 7.85. The van der Waals surface area contributed by atoms with Crippen LogP contribution in [-0.2, 0) is 0 Å². The molecule has 3 aromatic heterocycles. The molecule has 45 heavy (non-hydrogen) atoms. The summed E-state index contributed by atoms with van der Waals surface area (Å²) in [6, 6.07) is 47.8. The lowest BCUT2D eigenvalue weighted by Crippen LogP contribution is -2.11. The maximum absolute atomic E-state index is 10.8. The molecule has 0 atom stereocenters. The topological polar surface area (TPSA) is 75.3 Å². The number of nitrogens with zero attached hydrogens (tertiary/aromatic N) is 4. The van der Waals surface area contributed by atoms with Gasteiger partial charge in [-0.15, -0.1) is 0 Å². The van der Waals surface area contributed by atoms with Gasteiger partial charge in [0.2, 0.25) is 0 Å². The van der Waals surface area contributed by atoms with Crippen molar-refractivity contribution in [3.8, 4) is 39.5 Å². The number of hydrogen-bond acceptors (Lipinski definition) is 6. The number of aromatic nitrogens is 3. The monoisotopic (exact) mass is 582 g/mol. The van der Waals surface area contributed by atoms with Crippen LogP contribution >= 0.6 is 0 Å². The molecule has 6 nitrogen and oxygen atoms in total. The Morgan fingerprint density at radius 2 is 1.31 bits per heavy atom. The number of para-hydroxylation sites is 2. The second-order valence-electron chi connectivity index (χ2n) is 10.7. The predicted molar refractivity (Wildman–Crippen MR) is 180 cm³/mol. The molecule has 0 amide bonds. The van der Waals surface area contributed by atoms with E-state index in [1.54, 1.807) is 18.3 Å². The van der Waals surface area contributed by atoms with Gasteiger partial charge in [-0.2, -0.15) is 0 Å². The summed E-state index contributed by atoms with van der Waals surface area (Å²) in [5.41, 5.74) is 8.05. The number of pyridine rings is 1. The molecule has 0 aliphatic heterocycles. The summed E-state index contributed by atoms with van der Waals surface area (Å²) in [7, 11) is 0. The molecule has 0 bridgehead atoms. The Morgan fingerprint density at radius 1 is 0.578 bits per heavy atom. The fraction of sp³-hybridized carbons (Fsp3) is 0. The SMILES string of the molecule is Oc1ccccc1-c1nc(-c2cccc(N(c3ccc(-c4ccccc4)cc3)c3ccccn3)c2)nc2c1oc1ccccc12. The van der Waals surface area contributed by atoms with Gasteiger partial charge in [-0.25, -0.2) is 15.0 Å². The van der Waals surface area contributed by atoms with Gasteiger partial charge in [0.15, 0.2) is 11.4 Å². The van der Waals surface area contributed by atoms with Crippen molar-refractivity contribution >= 4 is 39.3 Å². The van der Waals surface area contributed by atoms with Gasteiger partial charge in [0.1, 0.15) is 28.4 Å². The Hall–Kier alpha value is -6.27. The van der Waals surface area contributed by atoms with Crippen LogP contribution in [0.2, 0.25) is 0 Å². The van der Waals surface area contributed by atoms with Crippen LogP contribution in [0.4, 0.5) is 17.2 Å². The predicted octanol–water partition coefficient (Wildman–Crippen LogP) is 9.95. The summed E-state index contributed by atoms with van der Waals surface area (Å²) >= 11 is 0. The van der Waals surface area contributed by atoms with E-state index in [0.29, 0.717) is 33.8 Å². The van der Waals surface area contributed by atoms with E-state index in [1.807, 2.05) is 84.9 Å². The number of phenolic OH excluding ortho intramolecular Hbond substituents is 1. The first kappa shape index (κ1) is 26.4. The lowest BCUT2D eigenvalue weighted by atomic mass is 10.0. The van der Waals surface area contributed by atoms with E-state index < -0.39 is 0 Å². The first-order valence-electron chi connectivity index (χ1n) is 14.7. The second kappa shape index (κ2) is 11.1. The Bertz CT molecular complexity index is 2280. The van der Waals surface area contributed by atoms with Gasteiger partial charge in [-0.1, -0.05) is 84.9 Å². The van der Waals surface area contributed by atoms with E-state index in [4.69, 9.17) is 19.4 Å². The number of phenols is 1. The number of hydrogen-bond donors (Lipinski definition) is 1. The van der Waals surface area contributed by atoms with Gasteiger partial charge in [0.05, 0.1) is 0 Å². The summed E-state index contributed by atoms with van der Waals surface area (Å²) in [5, 5.41) is 11.7. The van der Waals surface area contributed by atoms with Gasteiger partial charge in [-0.05, 0) is 71.8 Å². The van der Waals surface area contributed by atoms with Gasteiger partial charge < -0.3 is 9.52 Å². The largest absolute Gasteiger partial charge is 0.507 e. The van der Waals surface area contributed by atoms with Crippen LogP contribution in [0.1, 0.15) is 0 Å². The minimum Gasteiger partial charge on any atom is -0.507 e. The van der Waals surface area contributed by atoms with Crippen molar-refractivity contribution in [3.63, 3.8) is 0 Å². The molecule has 8 aromatic rings. The van der Waals surface area contributed by atoms with Crippen molar-refractivity contribution in [2.45, 2.75) is 0 Å². The van der Waals surface area contributed by atoms with Crippen LogP contribution in [0.15, 0.2) is 156 Å². The maximum Gasteiger partial charge on any atom is 0.180 e. The van der Waals surface area contributed by atoms with Crippen LogP contribution in [0.3, 0.4) is 0 Å². The van der Waals surface area contributed by atoms with Crippen LogP contribution < -0.4 is 4.90 Å². The van der Waals surface area contributed by atoms with Gasteiger partial charge in [-0.3, -0.25) is 4.90 Å². The van der Waals surface area contributed by atoms with Crippen molar-refractivity contribution in [3.05, 3.63) is 152 Å². The molecular formula is C39H26N4O2. The highest BCUT2D eigenvalue weighted by Crippen LogP contribution is 2.40. The molecule has 6 heteroatoms. The van der Waals surface area contributed by atoms with Crippen molar-refractivity contribution < 1.29 is 9.52 Å². The summed E-state index contributed by atoms with van der Waals surface area (Å²) in [4.78, 5) is 16.8. The molecule has 8 rings (SSSR count). The third-order valence-electron chi connectivity index (χ3n) is 7.85. The zero-order chi connectivity index (χ0) is 30.2. The van der Waals surface area contributed by atoms with Crippen LogP contribution in [0.25, 0.3) is 55.8 Å². The highest BCUT2D eigenvalue weighted by atomic mass is 16.3. The Labute approximate surface area is 259 Å². The smallest absolute Gasteiger partial charge is 0.180 e. The Balaban J connectivity index is 1.28. The average Bonchev–Trinajstić information content (AvgIpc) is 3.48. The number of aromatic hydroxyl groups is 1. The molecule has 1 N–H and O–H groups in total. The zero-order valence-corrected chi connectivity index (χ0v) is 24.1. The zero-order valence-electron chi connectivity index (χ0n) is 24.1. The molecular weight excluding hydrogens is 556 g/mol. The van der Waals surface area contributed by atoms with E-state index in [2.05, 4.69) is 53.4 Å². The van der Waals surface area contributed by atoms with Crippen molar-refractivity contribution in [1.29, 1.82) is 0 Å². The first-order valence-corrected chi connectivity index (χ1v) is 14.7. The average molecular weight is 583 g/mol. The standard InChI is InChI=1S/C39H26N4O2/c44-33-17-6-4-15-31(33)36-38-37(32-16-5-7-18-34(32)45-38)42-39(41-36)28-13-10-14-30(25-28)43(35-19-8-9-24-40-35)29-22-20-27(21-23-29)26-11-2-1-3-12-26/h1-25,44H. The molecule has 0 radical (unpaired) electrons. The van der Waals surface area contributed by atoms with E-state index in [0.717, 1.165) is 39.3 Å². The molecule has 5 aromatic carbocycles. The number of benzene rings is 5. The van der Waals surface area contributed by atoms with E-state index in [1.165, 1.54) is 0 Å². The van der Waals surface area contributed by atoms with Crippen LogP contribution in [-0.4, -0.2) is 20.1 Å². The lowest BCUT2D eigenvalue weighted by molar-refractivity contribution is 0.477. The van der Waals surface area contributed by atoms with Crippen molar-refractivity contribution in [1.82, 2.24) is 15.0 Å². The maximum atomic E-state index is 10.8. The quantitative estimate of drug-likeness (QED) is 0.210. The molecule has 214 valence electrons. The molecule has 0 unspecified atom stereocenters. The molecule has 0 aliphatic rings. The van der Waals surface area contributed by atoms with E-state index in [9.17, 15) is 5.11 Å². The van der Waals surface area contributed by atoms with Crippen LogP contribution in [0.5, 0.6) is 5.75 Å². The number of fused-ring (bicyclic) bond motifs is 3. The minimum absolute atomic E-state index is 0.123. The molecule has 0 spiro atoms. The third kappa shape index (κ3) is 4.84. The number of furan rings is 1. The van der Waals surface area contributed by atoms with Gasteiger partial charge in [0, 0.05) is 34.1 Å². The fourth-order valence-electron chi connectivity index (χ4n) is 5.69. The minimum atomic E-state index is 0.123. The number of anilines is 3. The highest BCUT2D eigenvalue weighted by molar-refractivity contribution is 6.07. The normalized spacial score (nSPS) is 11.2. The second-order valence-corrected chi connectivity index (χ2v) is 10.7. The molecule has 0 saturated heterocycles. The summed E-state index contributed by atoms with van der Waals surface area (Å²) in [6.45, 7) is 0. The van der Waals surface area contributed by atoms with Crippen molar-refractivity contribution in [2.75, 3.05) is 4.90 Å². The number of rotatable bonds is 6. The first-order chi connectivity index (χ1) is 22.2. The van der Waals surface area contributed by atoms with Gasteiger partial charge >= 0.3 is 0 Å². The van der Waals surface area contributed by atoms with Crippen LogP contribution in [0, 0.1) is 0 Å². The van der Waals surface area contributed by atoms with E-state index >= 15 is 0 Å². The van der Waals surface area contributed by atoms with Gasteiger partial charge in [0.25, 0.3) is 0 Å². The van der Waals surface area contributed by atoms with E-state index in [-0.39, 0.29) is 5.75 Å². The molecule has 3 heterocycles. The Kier molecular flexibility index (Phi) is 6.50. The molecule has 0 fully saturated rings. The molecule has 0 saturated carbocycles.